The van der Waals surface area contributed by atoms with Crippen molar-refractivity contribution in [2.75, 3.05) is 0 Å². The first-order valence-corrected chi connectivity index (χ1v) is 8.49. The molecule has 1 spiro atoms. The highest BCUT2D eigenvalue weighted by Gasteiger charge is 2.44. The van der Waals surface area contributed by atoms with E-state index in [0.717, 1.165) is 29.9 Å². The lowest BCUT2D eigenvalue weighted by molar-refractivity contribution is 0.0656. The molecule has 1 saturated carbocycles. The van der Waals surface area contributed by atoms with Crippen LogP contribution in [0.4, 0.5) is 5.69 Å². The summed E-state index contributed by atoms with van der Waals surface area (Å²) < 4.78 is 0. The fourth-order valence-electron chi connectivity index (χ4n) is 3.87. The number of fused-ring (bicyclic) bond motifs is 2. The number of rotatable bonds is 3. The molecule has 4 rings (SSSR count). The topological polar surface area (TPSA) is 33.6 Å². The molecule has 0 amide bonds. The SMILES string of the molecule is c1ccc(CONC2=Nc3ccccc3C23CCCCC3)cc1. The van der Waals surface area contributed by atoms with Gasteiger partial charge in [-0.15, -0.1) is 0 Å². The molecule has 1 heterocycles. The molecule has 2 aromatic carbocycles. The average Bonchev–Trinajstić information content (AvgIpc) is 2.90. The van der Waals surface area contributed by atoms with E-state index < -0.39 is 0 Å². The van der Waals surface area contributed by atoms with E-state index in [-0.39, 0.29) is 5.41 Å². The Morgan fingerprint density at radius 2 is 1.65 bits per heavy atom. The first-order valence-electron chi connectivity index (χ1n) is 8.49. The van der Waals surface area contributed by atoms with Gasteiger partial charge in [-0.05, 0) is 30.0 Å². The first kappa shape index (κ1) is 14.5. The van der Waals surface area contributed by atoms with E-state index >= 15 is 0 Å². The van der Waals surface area contributed by atoms with Crippen LogP contribution in [0, 0.1) is 0 Å². The molecular weight excluding hydrogens is 284 g/mol. The van der Waals surface area contributed by atoms with Crippen molar-refractivity contribution in [3.63, 3.8) is 0 Å². The van der Waals surface area contributed by atoms with Gasteiger partial charge in [0.05, 0.1) is 17.7 Å². The Labute approximate surface area is 137 Å². The highest BCUT2D eigenvalue weighted by atomic mass is 16.6. The number of hydrogen-bond acceptors (Lipinski definition) is 3. The van der Waals surface area contributed by atoms with Gasteiger partial charge >= 0.3 is 0 Å². The molecule has 0 saturated heterocycles. The Morgan fingerprint density at radius 3 is 2.48 bits per heavy atom. The Morgan fingerprint density at radius 1 is 0.913 bits per heavy atom. The van der Waals surface area contributed by atoms with Crippen LogP contribution in [0.2, 0.25) is 0 Å². The van der Waals surface area contributed by atoms with Gasteiger partial charge in [0.15, 0.2) is 0 Å². The van der Waals surface area contributed by atoms with Crippen molar-refractivity contribution in [1.29, 1.82) is 0 Å². The minimum Gasteiger partial charge on any atom is -0.270 e. The lowest BCUT2D eigenvalue weighted by atomic mass is 9.69. The summed E-state index contributed by atoms with van der Waals surface area (Å²) in [5, 5.41) is 0. The fourth-order valence-corrected chi connectivity index (χ4v) is 3.87. The third-order valence-electron chi connectivity index (χ3n) is 5.06. The molecule has 1 N–H and O–H groups in total. The maximum absolute atomic E-state index is 5.78. The number of benzene rings is 2. The van der Waals surface area contributed by atoms with Gasteiger partial charge in [0.2, 0.25) is 0 Å². The number of nitrogens with zero attached hydrogens (tertiary/aromatic N) is 1. The predicted molar refractivity (Wildman–Crippen MR) is 92.7 cm³/mol. The number of aliphatic imine (C=N–C) groups is 1. The van der Waals surface area contributed by atoms with Gasteiger partial charge in [0.1, 0.15) is 5.84 Å². The van der Waals surface area contributed by atoms with Crippen molar-refractivity contribution in [3.05, 3.63) is 65.7 Å². The van der Waals surface area contributed by atoms with Gasteiger partial charge in [0.25, 0.3) is 0 Å². The second-order valence-electron chi connectivity index (χ2n) is 6.50. The van der Waals surface area contributed by atoms with Crippen molar-refractivity contribution in [2.24, 2.45) is 4.99 Å². The largest absolute Gasteiger partial charge is 0.270 e. The van der Waals surface area contributed by atoms with Crippen LogP contribution in [0.25, 0.3) is 0 Å². The van der Waals surface area contributed by atoms with Gasteiger partial charge < -0.3 is 0 Å². The molecule has 23 heavy (non-hydrogen) atoms. The smallest absolute Gasteiger partial charge is 0.137 e. The monoisotopic (exact) mass is 306 g/mol. The molecule has 0 atom stereocenters. The van der Waals surface area contributed by atoms with E-state index in [0.29, 0.717) is 6.61 Å². The number of hydroxylamine groups is 1. The van der Waals surface area contributed by atoms with Crippen LogP contribution in [0.15, 0.2) is 59.6 Å². The van der Waals surface area contributed by atoms with E-state index in [1.165, 1.54) is 24.8 Å². The van der Waals surface area contributed by atoms with Crippen molar-refractivity contribution in [1.82, 2.24) is 5.48 Å². The summed E-state index contributed by atoms with van der Waals surface area (Å²) >= 11 is 0. The van der Waals surface area contributed by atoms with Crippen LogP contribution in [0.5, 0.6) is 0 Å². The third-order valence-corrected chi connectivity index (χ3v) is 5.06. The summed E-state index contributed by atoms with van der Waals surface area (Å²) in [6.45, 7) is 0.548. The Kier molecular flexibility index (Phi) is 3.88. The Balaban J connectivity index is 1.53. The molecular formula is C20H22N2O. The van der Waals surface area contributed by atoms with Crippen LogP contribution < -0.4 is 5.48 Å². The standard InChI is InChI=1S/C20H22N2O/c1-3-9-16(10-4-1)15-23-22-19-20(13-7-2-8-14-20)17-11-5-6-12-18(17)21-19/h1,3-6,9-12H,2,7-8,13-15H2,(H,21,22). The van der Waals surface area contributed by atoms with Crippen LogP contribution in [-0.4, -0.2) is 5.84 Å². The molecule has 0 bridgehead atoms. The molecule has 1 fully saturated rings. The zero-order chi connectivity index (χ0) is 15.5. The molecule has 3 heteroatoms. The van der Waals surface area contributed by atoms with Crippen LogP contribution >= 0.6 is 0 Å². The molecule has 1 aliphatic carbocycles. The molecule has 1 aliphatic heterocycles. The minimum absolute atomic E-state index is 0.0333. The molecule has 0 unspecified atom stereocenters. The third kappa shape index (κ3) is 2.66. The van der Waals surface area contributed by atoms with Gasteiger partial charge in [-0.25, -0.2) is 4.99 Å². The maximum atomic E-state index is 5.78. The minimum atomic E-state index is 0.0333. The second kappa shape index (κ2) is 6.17. The predicted octanol–water partition coefficient (Wildman–Crippen LogP) is 4.65. The van der Waals surface area contributed by atoms with Crippen molar-refractivity contribution >= 4 is 11.5 Å². The molecule has 118 valence electrons. The Hall–Kier alpha value is -2.13. The lowest BCUT2D eigenvalue weighted by Gasteiger charge is -2.35. The van der Waals surface area contributed by atoms with Crippen molar-refractivity contribution in [2.45, 2.75) is 44.1 Å². The van der Waals surface area contributed by atoms with E-state index in [1.807, 2.05) is 18.2 Å². The van der Waals surface area contributed by atoms with E-state index in [2.05, 4.69) is 41.9 Å². The number of para-hydroxylation sites is 1. The van der Waals surface area contributed by atoms with Crippen molar-refractivity contribution < 1.29 is 4.84 Å². The van der Waals surface area contributed by atoms with E-state index in [1.54, 1.807) is 0 Å². The summed E-state index contributed by atoms with van der Waals surface area (Å²) in [5.74, 6) is 0.995. The number of nitrogens with one attached hydrogen (secondary N) is 1. The lowest BCUT2D eigenvalue weighted by Crippen LogP contribution is -2.43. The Bertz CT molecular complexity index is 703. The molecule has 0 radical (unpaired) electrons. The summed E-state index contributed by atoms with van der Waals surface area (Å²) in [4.78, 5) is 10.6. The van der Waals surface area contributed by atoms with Crippen LogP contribution in [0.3, 0.4) is 0 Å². The number of amidine groups is 1. The normalized spacial score (nSPS) is 18.5. The van der Waals surface area contributed by atoms with Gasteiger partial charge in [-0.3, -0.25) is 10.3 Å². The van der Waals surface area contributed by atoms with Crippen LogP contribution in [0.1, 0.15) is 43.2 Å². The highest BCUT2D eigenvalue weighted by molar-refractivity contribution is 5.99. The number of hydrogen-bond donors (Lipinski definition) is 1. The van der Waals surface area contributed by atoms with E-state index in [4.69, 9.17) is 9.83 Å². The first-order chi connectivity index (χ1) is 11.4. The quantitative estimate of drug-likeness (QED) is 0.837. The zero-order valence-corrected chi connectivity index (χ0v) is 13.3. The summed E-state index contributed by atoms with van der Waals surface area (Å²) in [7, 11) is 0. The summed E-state index contributed by atoms with van der Waals surface area (Å²) in [5.41, 5.74) is 6.85. The van der Waals surface area contributed by atoms with E-state index in [9.17, 15) is 0 Å². The maximum Gasteiger partial charge on any atom is 0.137 e. The van der Waals surface area contributed by atoms with Crippen LogP contribution in [-0.2, 0) is 16.9 Å². The zero-order valence-electron chi connectivity index (χ0n) is 13.3. The summed E-state index contributed by atoms with van der Waals surface area (Å²) in [6.07, 6.45) is 6.15. The average molecular weight is 306 g/mol. The van der Waals surface area contributed by atoms with Gasteiger partial charge in [-0.1, -0.05) is 67.8 Å². The van der Waals surface area contributed by atoms with Crippen molar-refractivity contribution in [3.8, 4) is 0 Å². The highest BCUT2D eigenvalue weighted by Crippen LogP contribution is 2.48. The molecule has 0 aromatic heterocycles. The molecule has 2 aromatic rings. The van der Waals surface area contributed by atoms with Gasteiger partial charge in [-0.2, -0.15) is 0 Å². The molecule has 3 nitrogen and oxygen atoms in total. The summed E-state index contributed by atoms with van der Waals surface area (Å²) in [6, 6.07) is 18.8. The molecule has 2 aliphatic rings. The van der Waals surface area contributed by atoms with Gasteiger partial charge in [0, 0.05) is 0 Å². The second-order valence-corrected chi connectivity index (χ2v) is 6.50. The fraction of sp³-hybridized carbons (Fsp3) is 0.350.